The van der Waals surface area contributed by atoms with E-state index in [1.807, 2.05) is 0 Å². The zero-order valence-electron chi connectivity index (χ0n) is 10.7. The summed E-state index contributed by atoms with van der Waals surface area (Å²) in [5.41, 5.74) is 0.387. The van der Waals surface area contributed by atoms with Gasteiger partial charge < -0.3 is 14.4 Å². The maximum absolute atomic E-state index is 8.86. The molecule has 96 valence electrons. The Hall–Kier alpha value is -0.630. The number of likely N-dealkylation sites (tertiary alicyclic amines) is 1. The maximum Gasteiger partial charge on any atom is 0.146 e. The van der Waals surface area contributed by atoms with E-state index in [9.17, 15) is 0 Å². The van der Waals surface area contributed by atoms with E-state index < -0.39 is 0 Å². The number of nitrogens with zero attached hydrogens (tertiary/aromatic N) is 2. The lowest BCUT2D eigenvalue weighted by molar-refractivity contribution is -0.0520. The predicted octanol–water partition coefficient (Wildman–Crippen LogP) is 1.62. The number of hydrogen-bond acceptors (Lipinski definition) is 4. The average Bonchev–Trinajstić information content (AvgIpc) is 3.11. The Bertz CT molecular complexity index is 276. The smallest absolute Gasteiger partial charge is 0.146 e. The lowest BCUT2D eigenvalue weighted by Gasteiger charge is -2.32. The van der Waals surface area contributed by atoms with Crippen molar-refractivity contribution in [1.82, 2.24) is 4.90 Å². The lowest BCUT2D eigenvalue weighted by atomic mass is 9.97. The van der Waals surface area contributed by atoms with Crippen molar-refractivity contribution >= 4 is 0 Å². The first-order valence-corrected chi connectivity index (χ1v) is 6.47. The van der Waals surface area contributed by atoms with E-state index in [0.29, 0.717) is 12.2 Å². The normalized spacial score (nSPS) is 24.5. The van der Waals surface area contributed by atoms with Crippen molar-refractivity contribution < 1.29 is 9.47 Å². The number of piperidine rings is 1. The van der Waals surface area contributed by atoms with Crippen LogP contribution in [0.1, 0.15) is 25.7 Å². The van der Waals surface area contributed by atoms with Crippen LogP contribution in [0.4, 0.5) is 0 Å². The van der Waals surface area contributed by atoms with Gasteiger partial charge in [0.15, 0.2) is 0 Å². The number of ether oxygens (including phenoxy) is 2. The number of nitriles is 1. The van der Waals surface area contributed by atoms with Gasteiger partial charge in [0.25, 0.3) is 0 Å². The molecule has 0 aromatic carbocycles. The summed E-state index contributed by atoms with van der Waals surface area (Å²) in [6.45, 7) is 4.50. The Morgan fingerprint density at radius 2 is 2.06 bits per heavy atom. The molecule has 0 unspecified atom stereocenters. The number of hydrogen-bond donors (Lipinski definition) is 0. The van der Waals surface area contributed by atoms with Gasteiger partial charge in [-0.1, -0.05) is 0 Å². The molecule has 0 atom stereocenters. The van der Waals surface area contributed by atoms with E-state index in [2.05, 4.69) is 11.0 Å². The first-order chi connectivity index (χ1) is 8.28. The van der Waals surface area contributed by atoms with Gasteiger partial charge in [-0.2, -0.15) is 5.26 Å². The van der Waals surface area contributed by atoms with Crippen LogP contribution in [0.5, 0.6) is 0 Å². The Kier molecular flexibility index (Phi) is 4.38. The summed E-state index contributed by atoms with van der Waals surface area (Å²) < 4.78 is 10.4. The fraction of sp³-hybridized carbons (Fsp3) is 0.923. The largest absolute Gasteiger partial charge is 0.359 e. The zero-order chi connectivity index (χ0) is 12.1. The minimum absolute atomic E-state index is 0.283. The summed E-state index contributed by atoms with van der Waals surface area (Å²) >= 11 is 0. The summed E-state index contributed by atoms with van der Waals surface area (Å²) in [6.07, 6.45) is 4.61. The second-order valence-corrected chi connectivity index (χ2v) is 5.43. The van der Waals surface area contributed by atoms with Gasteiger partial charge in [-0.3, -0.25) is 0 Å². The van der Waals surface area contributed by atoms with Gasteiger partial charge in [0, 0.05) is 25.0 Å². The second-order valence-electron chi connectivity index (χ2n) is 5.43. The molecular weight excluding hydrogens is 216 g/mol. The Labute approximate surface area is 103 Å². The predicted molar refractivity (Wildman–Crippen MR) is 64.3 cm³/mol. The van der Waals surface area contributed by atoms with Crippen molar-refractivity contribution in [2.24, 2.45) is 11.3 Å². The molecule has 4 heteroatoms. The van der Waals surface area contributed by atoms with Crippen molar-refractivity contribution in [3.63, 3.8) is 0 Å². The fourth-order valence-electron chi connectivity index (χ4n) is 2.56. The van der Waals surface area contributed by atoms with Crippen LogP contribution in [0.15, 0.2) is 0 Å². The van der Waals surface area contributed by atoms with E-state index in [1.165, 1.54) is 12.8 Å². The molecule has 2 fully saturated rings. The van der Waals surface area contributed by atoms with Crippen molar-refractivity contribution in [3.8, 4) is 6.07 Å². The van der Waals surface area contributed by atoms with Gasteiger partial charge in [0.2, 0.25) is 0 Å². The molecule has 1 aliphatic heterocycles. The second kappa shape index (κ2) is 5.81. The van der Waals surface area contributed by atoms with Crippen molar-refractivity contribution in [1.29, 1.82) is 5.26 Å². The molecule has 0 amide bonds. The van der Waals surface area contributed by atoms with E-state index in [4.69, 9.17) is 14.7 Å². The van der Waals surface area contributed by atoms with Crippen LogP contribution in [-0.2, 0) is 9.47 Å². The van der Waals surface area contributed by atoms with Gasteiger partial charge in [-0.05, 0) is 38.8 Å². The molecule has 1 aliphatic carbocycles. The van der Waals surface area contributed by atoms with Gasteiger partial charge in [0.05, 0.1) is 12.7 Å². The Balaban J connectivity index is 1.69. The van der Waals surface area contributed by atoms with Crippen LogP contribution < -0.4 is 0 Å². The Morgan fingerprint density at radius 1 is 1.35 bits per heavy atom. The number of methoxy groups -OCH3 is 1. The molecule has 1 saturated carbocycles. The topological polar surface area (TPSA) is 45.5 Å². The number of rotatable bonds is 6. The highest BCUT2D eigenvalue weighted by atomic mass is 16.7. The third kappa shape index (κ3) is 3.67. The summed E-state index contributed by atoms with van der Waals surface area (Å²) in [7, 11) is 1.66. The van der Waals surface area contributed by atoms with Gasteiger partial charge >= 0.3 is 0 Å². The molecule has 17 heavy (non-hydrogen) atoms. The average molecular weight is 238 g/mol. The highest BCUT2D eigenvalue weighted by Crippen LogP contribution is 2.46. The molecule has 0 radical (unpaired) electrons. The fourth-order valence-corrected chi connectivity index (χ4v) is 2.56. The maximum atomic E-state index is 8.86. The van der Waals surface area contributed by atoms with E-state index in [1.54, 1.807) is 7.11 Å². The summed E-state index contributed by atoms with van der Waals surface area (Å²) in [4.78, 5) is 2.50. The monoisotopic (exact) mass is 238 g/mol. The third-order valence-electron chi connectivity index (χ3n) is 3.90. The van der Waals surface area contributed by atoms with Crippen LogP contribution in [0.25, 0.3) is 0 Å². The van der Waals surface area contributed by atoms with Gasteiger partial charge in [-0.15, -0.1) is 0 Å². The highest BCUT2D eigenvalue weighted by molar-refractivity contribution is 4.97. The summed E-state index contributed by atoms with van der Waals surface area (Å²) in [5, 5.41) is 8.86. The van der Waals surface area contributed by atoms with Crippen LogP contribution in [0.2, 0.25) is 0 Å². The standard InChI is InChI=1S/C13H22N2O2/c1-16-11-17-10-13(4-5-13)9-15-6-2-12(8-14)3-7-15/h12H,2-7,9-11H2,1H3. The molecule has 2 rings (SSSR count). The van der Waals surface area contributed by atoms with E-state index >= 15 is 0 Å². The van der Waals surface area contributed by atoms with Crippen molar-refractivity contribution in [3.05, 3.63) is 0 Å². The molecule has 4 nitrogen and oxygen atoms in total. The van der Waals surface area contributed by atoms with E-state index in [-0.39, 0.29) is 5.92 Å². The quantitative estimate of drug-likeness (QED) is 0.521. The molecular formula is C13H22N2O2. The summed E-state index contributed by atoms with van der Waals surface area (Å²) in [6, 6.07) is 2.38. The lowest BCUT2D eigenvalue weighted by Crippen LogP contribution is -2.38. The Morgan fingerprint density at radius 3 is 2.59 bits per heavy atom. The third-order valence-corrected chi connectivity index (χ3v) is 3.90. The van der Waals surface area contributed by atoms with Crippen molar-refractivity contribution in [2.75, 3.05) is 40.1 Å². The summed E-state index contributed by atoms with van der Waals surface area (Å²) in [5.74, 6) is 0.283. The van der Waals surface area contributed by atoms with Crippen LogP contribution >= 0.6 is 0 Å². The SMILES string of the molecule is COCOCC1(CN2CCC(C#N)CC2)CC1. The molecule has 1 saturated heterocycles. The van der Waals surface area contributed by atoms with Crippen LogP contribution in [-0.4, -0.2) is 45.0 Å². The molecule has 0 N–H and O–H groups in total. The van der Waals surface area contributed by atoms with Crippen molar-refractivity contribution in [2.45, 2.75) is 25.7 Å². The first kappa shape index (κ1) is 12.8. The molecule has 1 heterocycles. The minimum Gasteiger partial charge on any atom is -0.359 e. The van der Waals surface area contributed by atoms with Gasteiger partial charge in [-0.25, -0.2) is 0 Å². The molecule has 0 bridgehead atoms. The molecule has 0 spiro atoms. The molecule has 2 aliphatic rings. The zero-order valence-corrected chi connectivity index (χ0v) is 10.7. The van der Waals surface area contributed by atoms with Gasteiger partial charge in [0.1, 0.15) is 6.79 Å². The highest BCUT2D eigenvalue weighted by Gasteiger charge is 2.44. The molecule has 0 aromatic rings. The van der Waals surface area contributed by atoms with Crippen LogP contribution in [0.3, 0.4) is 0 Å². The first-order valence-electron chi connectivity index (χ1n) is 6.47. The van der Waals surface area contributed by atoms with E-state index in [0.717, 1.165) is 39.1 Å². The molecule has 0 aromatic heterocycles. The van der Waals surface area contributed by atoms with Crippen LogP contribution in [0, 0.1) is 22.7 Å². The minimum atomic E-state index is 0.283.